The van der Waals surface area contributed by atoms with Crippen molar-refractivity contribution in [1.29, 1.82) is 0 Å². The van der Waals surface area contributed by atoms with Gasteiger partial charge in [0.05, 0.1) is 18.4 Å². The number of aliphatic carboxylic acids is 1. The van der Waals surface area contributed by atoms with Crippen molar-refractivity contribution in [3.05, 3.63) is 35.9 Å². The van der Waals surface area contributed by atoms with Crippen molar-refractivity contribution in [2.75, 3.05) is 0 Å². The molecule has 1 atom stereocenters. The van der Waals surface area contributed by atoms with E-state index in [0.29, 0.717) is 0 Å². The van der Waals surface area contributed by atoms with Gasteiger partial charge < -0.3 is 21.0 Å². The Morgan fingerprint density at radius 2 is 1.80 bits per heavy atom. The molecule has 6 nitrogen and oxygen atoms in total. The first-order valence-corrected chi connectivity index (χ1v) is 5.81. The first-order chi connectivity index (χ1) is 8.99. The maximum absolute atomic E-state index is 11.7. The van der Waals surface area contributed by atoms with Crippen molar-refractivity contribution in [3.8, 4) is 0 Å². The minimum atomic E-state index is -1.43. The number of carbonyl (C=O) groups is 3. The molecule has 0 aliphatic heterocycles. The van der Waals surface area contributed by atoms with Gasteiger partial charge >= 0.3 is 29.6 Å². The molecule has 0 heterocycles. The Balaban J connectivity index is 0.00000361. The van der Waals surface area contributed by atoms with Gasteiger partial charge in [-0.1, -0.05) is 30.3 Å². The molecule has 0 aromatic heterocycles. The zero-order valence-electron chi connectivity index (χ0n) is 11.3. The van der Waals surface area contributed by atoms with E-state index in [1.165, 1.54) is 0 Å². The maximum atomic E-state index is 11.7. The van der Waals surface area contributed by atoms with Crippen LogP contribution in [-0.4, -0.2) is 23.8 Å². The van der Waals surface area contributed by atoms with E-state index in [1.54, 1.807) is 24.3 Å². The van der Waals surface area contributed by atoms with Gasteiger partial charge in [-0.2, -0.15) is 0 Å². The summed E-state index contributed by atoms with van der Waals surface area (Å²) in [5.41, 5.74) is 5.70. The van der Waals surface area contributed by atoms with Crippen molar-refractivity contribution < 1.29 is 49.0 Å². The second-order valence-electron chi connectivity index (χ2n) is 4.11. The largest absolute Gasteiger partial charge is 1.00 e. The standard InChI is InChI=1S/C13H16N2O4.Na/c14-11(16)7-6-10(13(18)19)15-12(17)8-9-4-2-1-3-5-9;/h1-5,10H,6-8H2,(H2,14,16)(H,15,17)(H,18,19);/q;+1/p-1/t10-;/m0./s1. The molecular formula is C13H15N2NaO4. The third-order valence-electron chi connectivity index (χ3n) is 2.51. The number of nitrogens with one attached hydrogen (secondary N) is 1. The van der Waals surface area contributed by atoms with E-state index in [-0.39, 0.29) is 48.8 Å². The molecule has 1 rings (SSSR count). The third-order valence-corrected chi connectivity index (χ3v) is 2.51. The molecule has 20 heavy (non-hydrogen) atoms. The third kappa shape index (κ3) is 7.28. The van der Waals surface area contributed by atoms with Gasteiger partial charge in [-0.15, -0.1) is 0 Å². The summed E-state index contributed by atoms with van der Waals surface area (Å²) < 4.78 is 0. The molecule has 0 unspecified atom stereocenters. The van der Waals surface area contributed by atoms with Crippen LogP contribution in [-0.2, 0) is 20.8 Å². The maximum Gasteiger partial charge on any atom is 1.00 e. The van der Waals surface area contributed by atoms with E-state index < -0.39 is 23.8 Å². The Hall–Kier alpha value is -1.37. The van der Waals surface area contributed by atoms with Gasteiger partial charge in [-0.25, -0.2) is 0 Å². The summed E-state index contributed by atoms with van der Waals surface area (Å²) >= 11 is 0. The molecule has 3 N–H and O–H groups in total. The predicted octanol–water partition coefficient (Wildman–Crippen LogP) is -4.27. The van der Waals surface area contributed by atoms with Gasteiger partial charge in [-0.3, -0.25) is 9.59 Å². The Labute approximate surface area is 139 Å². The fourth-order valence-electron chi connectivity index (χ4n) is 1.56. The molecule has 0 saturated carbocycles. The number of amides is 2. The van der Waals surface area contributed by atoms with Crippen LogP contribution in [0.4, 0.5) is 0 Å². The van der Waals surface area contributed by atoms with E-state index in [2.05, 4.69) is 5.32 Å². The summed E-state index contributed by atoms with van der Waals surface area (Å²) in [6.45, 7) is 0. The second kappa shape index (κ2) is 9.52. The second-order valence-corrected chi connectivity index (χ2v) is 4.11. The van der Waals surface area contributed by atoms with E-state index in [9.17, 15) is 19.5 Å². The van der Waals surface area contributed by atoms with Crippen molar-refractivity contribution in [2.24, 2.45) is 5.73 Å². The topological polar surface area (TPSA) is 112 Å². The Morgan fingerprint density at radius 3 is 2.30 bits per heavy atom. The molecule has 7 heteroatoms. The molecule has 2 amide bonds. The quantitative estimate of drug-likeness (QED) is 0.494. The van der Waals surface area contributed by atoms with Crippen LogP contribution in [0.5, 0.6) is 0 Å². The van der Waals surface area contributed by atoms with E-state index in [0.717, 1.165) is 5.56 Å². The summed E-state index contributed by atoms with van der Waals surface area (Å²) in [5, 5.41) is 13.1. The molecule has 0 bridgehead atoms. The number of nitrogens with two attached hydrogens (primary N) is 1. The van der Waals surface area contributed by atoms with Gasteiger partial charge in [0.25, 0.3) is 0 Å². The Kier molecular flexibility index (Phi) is 8.87. The number of carboxylic acid groups (broad SMARTS) is 1. The molecule has 0 saturated heterocycles. The molecule has 1 aromatic rings. The summed E-state index contributed by atoms with van der Waals surface area (Å²) in [6.07, 6.45) is -0.121. The van der Waals surface area contributed by atoms with Crippen LogP contribution >= 0.6 is 0 Å². The Morgan fingerprint density at radius 1 is 1.20 bits per heavy atom. The Bertz CT molecular complexity index is 465. The van der Waals surface area contributed by atoms with Crippen LogP contribution in [0, 0.1) is 0 Å². The van der Waals surface area contributed by atoms with Gasteiger partial charge in [-0.05, 0) is 12.0 Å². The average molecular weight is 286 g/mol. The van der Waals surface area contributed by atoms with E-state index in [4.69, 9.17) is 5.73 Å². The fraction of sp³-hybridized carbons (Fsp3) is 0.308. The average Bonchev–Trinajstić information content (AvgIpc) is 2.35. The van der Waals surface area contributed by atoms with Crippen LogP contribution in [0.2, 0.25) is 0 Å². The van der Waals surface area contributed by atoms with Crippen LogP contribution in [0.15, 0.2) is 30.3 Å². The monoisotopic (exact) mass is 286 g/mol. The predicted molar refractivity (Wildman–Crippen MR) is 65.5 cm³/mol. The molecular weight excluding hydrogens is 271 g/mol. The van der Waals surface area contributed by atoms with Crippen LogP contribution in [0.3, 0.4) is 0 Å². The van der Waals surface area contributed by atoms with E-state index >= 15 is 0 Å². The molecule has 0 spiro atoms. The van der Waals surface area contributed by atoms with Gasteiger partial charge in [0, 0.05) is 6.42 Å². The van der Waals surface area contributed by atoms with E-state index in [1.807, 2.05) is 6.07 Å². The fourth-order valence-corrected chi connectivity index (χ4v) is 1.56. The summed E-state index contributed by atoms with van der Waals surface area (Å²) in [5.74, 6) is -2.49. The zero-order valence-corrected chi connectivity index (χ0v) is 13.3. The summed E-state index contributed by atoms with van der Waals surface area (Å²) in [6, 6.07) is 7.70. The number of carbonyl (C=O) groups excluding carboxylic acids is 3. The van der Waals surface area contributed by atoms with Crippen molar-refractivity contribution in [3.63, 3.8) is 0 Å². The first-order valence-electron chi connectivity index (χ1n) is 5.81. The zero-order chi connectivity index (χ0) is 14.3. The van der Waals surface area contributed by atoms with Gasteiger partial charge in [0.1, 0.15) is 0 Å². The first kappa shape index (κ1) is 18.6. The van der Waals surface area contributed by atoms with Gasteiger partial charge in [0.2, 0.25) is 11.8 Å². The number of benzene rings is 1. The normalized spacial score (nSPS) is 11.0. The van der Waals surface area contributed by atoms with Gasteiger partial charge in [0.15, 0.2) is 0 Å². The minimum absolute atomic E-state index is 0. The number of rotatable bonds is 7. The summed E-state index contributed by atoms with van der Waals surface area (Å²) in [4.78, 5) is 33.1. The van der Waals surface area contributed by atoms with Crippen molar-refractivity contribution >= 4 is 17.8 Å². The molecule has 1 aromatic carbocycles. The minimum Gasteiger partial charge on any atom is -0.548 e. The number of primary amides is 1. The molecule has 0 aliphatic rings. The number of carboxylic acids is 1. The molecule has 0 radical (unpaired) electrons. The number of hydrogen-bond donors (Lipinski definition) is 2. The van der Waals surface area contributed by atoms with Crippen molar-refractivity contribution in [2.45, 2.75) is 25.3 Å². The van der Waals surface area contributed by atoms with Crippen LogP contribution in [0.1, 0.15) is 18.4 Å². The van der Waals surface area contributed by atoms with Crippen LogP contribution in [0.25, 0.3) is 0 Å². The molecule has 0 fully saturated rings. The van der Waals surface area contributed by atoms with Crippen molar-refractivity contribution in [1.82, 2.24) is 5.32 Å². The smallest absolute Gasteiger partial charge is 0.548 e. The number of hydrogen-bond acceptors (Lipinski definition) is 4. The molecule has 0 aliphatic carbocycles. The summed E-state index contributed by atoms with van der Waals surface area (Å²) in [7, 11) is 0. The SMILES string of the molecule is NC(=O)CC[C@H](NC(=O)Cc1ccccc1)C(=O)[O-].[Na+]. The van der Waals surface area contributed by atoms with Crippen LogP contribution < -0.4 is 45.7 Å². The molecule has 102 valence electrons.